The van der Waals surface area contributed by atoms with Crippen molar-refractivity contribution in [3.8, 4) is 0 Å². The maximum Gasteiger partial charge on any atom is 0.332 e. The van der Waals surface area contributed by atoms with Crippen LogP contribution in [0.2, 0.25) is 0 Å². The van der Waals surface area contributed by atoms with E-state index in [1.807, 2.05) is 0 Å². The van der Waals surface area contributed by atoms with Crippen LogP contribution in [0.5, 0.6) is 0 Å². The van der Waals surface area contributed by atoms with Crippen molar-refractivity contribution >= 4 is 12.0 Å². The van der Waals surface area contributed by atoms with Gasteiger partial charge in [-0.25, -0.2) is 9.59 Å². The van der Waals surface area contributed by atoms with Crippen molar-refractivity contribution in [1.29, 1.82) is 0 Å². The minimum Gasteiger partial charge on any atom is -0.479 e. The highest BCUT2D eigenvalue weighted by molar-refractivity contribution is 5.74. The molecular weight excluding hydrogens is 248 g/mol. The van der Waals surface area contributed by atoms with E-state index in [1.165, 1.54) is 6.42 Å². The summed E-state index contributed by atoms with van der Waals surface area (Å²) in [4.78, 5) is 24.3. The molecule has 6 nitrogen and oxygen atoms in total. The largest absolute Gasteiger partial charge is 0.479 e. The van der Waals surface area contributed by atoms with E-state index < -0.39 is 12.1 Å². The van der Waals surface area contributed by atoms with Gasteiger partial charge in [0.25, 0.3) is 0 Å². The summed E-state index contributed by atoms with van der Waals surface area (Å²) in [6.07, 6.45) is 1.50. The van der Waals surface area contributed by atoms with E-state index in [0.29, 0.717) is 25.3 Å². The number of urea groups is 1. The zero-order valence-corrected chi connectivity index (χ0v) is 11.5. The molecule has 19 heavy (non-hydrogen) atoms. The summed E-state index contributed by atoms with van der Waals surface area (Å²) < 4.78 is 5.33. The summed E-state index contributed by atoms with van der Waals surface area (Å²) >= 11 is 0. The van der Waals surface area contributed by atoms with Crippen molar-refractivity contribution in [2.75, 3.05) is 20.1 Å². The van der Waals surface area contributed by atoms with Crippen LogP contribution >= 0.6 is 0 Å². The zero-order valence-electron chi connectivity index (χ0n) is 11.5. The van der Waals surface area contributed by atoms with Gasteiger partial charge in [-0.3, -0.25) is 0 Å². The summed E-state index contributed by atoms with van der Waals surface area (Å²) in [6.45, 7) is 3.36. The number of hydrogen-bond donors (Lipinski definition) is 2. The SMILES string of the molecule is CC1CC1CN(C)C(=O)NCC1CCC(C(=O)O)O1. The van der Waals surface area contributed by atoms with Gasteiger partial charge < -0.3 is 20.1 Å². The van der Waals surface area contributed by atoms with Crippen LogP contribution in [0.3, 0.4) is 0 Å². The fourth-order valence-corrected chi connectivity index (χ4v) is 2.46. The number of rotatable bonds is 5. The number of aliphatic carboxylic acids is 1. The molecule has 0 aromatic heterocycles. The molecule has 2 N–H and O–H groups in total. The molecule has 0 radical (unpaired) electrons. The number of amides is 2. The quantitative estimate of drug-likeness (QED) is 0.778. The minimum absolute atomic E-state index is 0.110. The predicted molar refractivity (Wildman–Crippen MR) is 68.8 cm³/mol. The maximum absolute atomic E-state index is 11.8. The van der Waals surface area contributed by atoms with Crippen LogP contribution in [0.15, 0.2) is 0 Å². The Bertz CT molecular complexity index is 361. The van der Waals surface area contributed by atoms with Crippen LogP contribution < -0.4 is 5.32 Å². The van der Waals surface area contributed by atoms with Gasteiger partial charge in [0, 0.05) is 20.1 Å². The number of carboxylic acid groups (broad SMARTS) is 1. The Morgan fingerprint density at radius 3 is 2.63 bits per heavy atom. The molecule has 1 aliphatic heterocycles. The van der Waals surface area contributed by atoms with Gasteiger partial charge in [-0.15, -0.1) is 0 Å². The number of carbonyl (C=O) groups is 2. The number of ether oxygens (including phenoxy) is 1. The third-order valence-corrected chi connectivity index (χ3v) is 4.00. The molecule has 1 saturated carbocycles. The monoisotopic (exact) mass is 270 g/mol. The molecule has 2 rings (SSSR count). The van der Waals surface area contributed by atoms with Crippen LogP contribution in [0, 0.1) is 11.8 Å². The smallest absolute Gasteiger partial charge is 0.332 e. The average Bonchev–Trinajstić information content (AvgIpc) is 2.88. The lowest BCUT2D eigenvalue weighted by atomic mass is 10.2. The zero-order chi connectivity index (χ0) is 14.0. The van der Waals surface area contributed by atoms with Crippen molar-refractivity contribution in [2.24, 2.45) is 11.8 Å². The molecular formula is C13H22N2O4. The average molecular weight is 270 g/mol. The van der Waals surface area contributed by atoms with Crippen LogP contribution in [0.4, 0.5) is 4.79 Å². The molecule has 2 amide bonds. The van der Waals surface area contributed by atoms with Crippen molar-refractivity contribution in [2.45, 2.75) is 38.4 Å². The van der Waals surface area contributed by atoms with Crippen LogP contribution in [-0.2, 0) is 9.53 Å². The molecule has 1 aliphatic carbocycles. The number of carbonyl (C=O) groups excluding carboxylic acids is 1. The molecule has 2 aliphatic rings. The van der Waals surface area contributed by atoms with Gasteiger partial charge in [0.05, 0.1) is 6.10 Å². The molecule has 2 fully saturated rings. The molecule has 6 heteroatoms. The first-order valence-electron chi connectivity index (χ1n) is 6.84. The highest BCUT2D eigenvalue weighted by atomic mass is 16.5. The Labute approximate surface area is 113 Å². The van der Waals surface area contributed by atoms with E-state index in [0.717, 1.165) is 12.5 Å². The van der Waals surface area contributed by atoms with Crippen molar-refractivity contribution < 1.29 is 19.4 Å². The molecule has 0 aromatic rings. The van der Waals surface area contributed by atoms with Crippen molar-refractivity contribution in [3.63, 3.8) is 0 Å². The Kier molecular flexibility index (Phi) is 4.29. The number of nitrogens with zero attached hydrogens (tertiary/aromatic N) is 1. The summed E-state index contributed by atoms with van der Waals surface area (Å²) in [5, 5.41) is 11.6. The number of carboxylic acids is 1. The van der Waals surface area contributed by atoms with Gasteiger partial charge in [0.15, 0.2) is 6.10 Å². The Morgan fingerprint density at radius 1 is 1.42 bits per heavy atom. The lowest BCUT2D eigenvalue weighted by molar-refractivity contribution is -0.149. The van der Waals surface area contributed by atoms with Gasteiger partial charge >= 0.3 is 12.0 Å². The van der Waals surface area contributed by atoms with E-state index in [-0.39, 0.29) is 12.1 Å². The van der Waals surface area contributed by atoms with Gasteiger partial charge in [-0.2, -0.15) is 0 Å². The van der Waals surface area contributed by atoms with Gasteiger partial charge in [-0.05, 0) is 31.1 Å². The molecule has 1 heterocycles. The molecule has 4 atom stereocenters. The van der Waals surface area contributed by atoms with Crippen molar-refractivity contribution in [1.82, 2.24) is 10.2 Å². The highest BCUT2D eigenvalue weighted by Gasteiger charge is 2.34. The molecule has 1 saturated heterocycles. The molecule has 0 bridgehead atoms. The third-order valence-electron chi connectivity index (χ3n) is 4.00. The van der Waals surface area contributed by atoms with Crippen molar-refractivity contribution in [3.05, 3.63) is 0 Å². The van der Waals surface area contributed by atoms with Gasteiger partial charge in [0.1, 0.15) is 0 Å². The van der Waals surface area contributed by atoms with Gasteiger partial charge in [0.2, 0.25) is 0 Å². The summed E-state index contributed by atoms with van der Waals surface area (Å²) in [5.41, 5.74) is 0. The first-order chi connectivity index (χ1) is 8.97. The predicted octanol–water partition coefficient (Wildman–Crippen LogP) is 0.916. The lowest BCUT2D eigenvalue weighted by Gasteiger charge is -2.19. The first kappa shape index (κ1) is 14.1. The third kappa shape index (κ3) is 3.83. The van der Waals surface area contributed by atoms with Crippen LogP contribution in [0.1, 0.15) is 26.2 Å². The molecule has 0 aromatic carbocycles. The Balaban J connectivity index is 1.65. The maximum atomic E-state index is 11.8. The van der Waals surface area contributed by atoms with Crippen LogP contribution in [0.25, 0.3) is 0 Å². The van der Waals surface area contributed by atoms with E-state index in [4.69, 9.17) is 9.84 Å². The Hall–Kier alpha value is -1.30. The van der Waals surface area contributed by atoms with E-state index in [1.54, 1.807) is 11.9 Å². The van der Waals surface area contributed by atoms with Gasteiger partial charge in [-0.1, -0.05) is 6.92 Å². The van der Waals surface area contributed by atoms with Crippen LogP contribution in [-0.4, -0.2) is 54.4 Å². The normalized spacial score (nSPS) is 32.9. The Morgan fingerprint density at radius 2 is 2.11 bits per heavy atom. The number of nitrogens with one attached hydrogen (secondary N) is 1. The second kappa shape index (κ2) is 5.77. The summed E-state index contributed by atoms with van der Waals surface area (Å²) in [7, 11) is 1.79. The van der Waals surface area contributed by atoms with E-state index in [9.17, 15) is 9.59 Å². The molecule has 0 spiro atoms. The molecule has 108 valence electrons. The lowest BCUT2D eigenvalue weighted by Crippen LogP contribution is -2.42. The summed E-state index contributed by atoms with van der Waals surface area (Å²) in [5.74, 6) is 0.438. The topological polar surface area (TPSA) is 78.9 Å². The standard InChI is InChI=1S/C13H22N2O4/c1-8-5-9(8)7-15(2)13(18)14-6-10-3-4-11(19-10)12(16)17/h8-11H,3-7H2,1-2H3,(H,14,18)(H,16,17). The second-order valence-electron chi connectivity index (χ2n) is 5.70. The first-order valence-corrected chi connectivity index (χ1v) is 6.84. The molecule has 4 unspecified atom stereocenters. The second-order valence-corrected chi connectivity index (χ2v) is 5.70. The van der Waals surface area contributed by atoms with E-state index in [2.05, 4.69) is 12.2 Å². The fraction of sp³-hybridized carbons (Fsp3) is 0.846. The number of hydrogen-bond acceptors (Lipinski definition) is 3. The highest BCUT2D eigenvalue weighted by Crippen LogP contribution is 2.37. The fourth-order valence-electron chi connectivity index (χ4n) is 2.46. The summed E-state index contributed by atoms with van der Waals surface area (Å²) in [6, 6.07) is -0.110. The minimum atomic E-state index is -0.923. The van der Waals surface area contributed by atoms with E-state index >= 15 is 0 Å².